The molecular formula is C22H31N3O4. The molecule has 7 heteroatoms. The van der Waals surface area contributed by atoms with Crippen molar-refractivity contribution in [2.45, 2.75) is 44.8 Å². The number of hydrogen-bond acceptors (Lipinski definition) is 5. The van der Waals surface area contributed by atoms with Gasteiger partial charge in [0.1, 0.15) is 6.10 Å². The number of fused-ring (bicyclic) bond motifs is 1. The molecule has 0 aliphatic carbocycles. The summed E-state index contributed by atoms with van der Waals surface area (Å²) in [6.45, 7) is 6.74. The summed E-state index contributed by atoms with van der Waals surface area (Å²) in [4.78, 5) is 31.6. The first kappa shape index (κ1) is 20.0. The van der Waals surface area contributed by atoms with Crippen LogP contribution in [0.2, 0.25) is 0 Å². The quantitative estimate of drug-likeness (QED) is 0.772. The van der Waals surface area contributed by atoms with Crippen LogP contribution in [0.3, 0.4) is 0 Å². The molecule has 2 unspecified atom stereocenters. The van der Waals surface area contributed by atoms with Crippen LogP contribution in [-0.4, -0.2) is 84.5 Å². The van der Waals surface area contributed by atoms with Gasteiger partial charge in [-0.3, -0.25) is 14.5 Å². The van der Waals surface area contributed by atoms with Gasteiger partial charge in [-0.1, -0.05) is 25.0 Å². The predicted molar refractivity (Wildman–Crippen MR) is 109 cm³/mol. The maximum atomic E-state index is 13.0. The SMILES string of the molecule is CC1Oc2ccccc2OC1C(=O)N1CCN(CC(=O)N2CCCCCC2)CC1. The molecule has 1 aromatic rings. The van der Waals surface area contributed by atoms with Gasteiger partial charge in [0.05, 0.1) is 6.54 Å². The first-order chi connectivity index (χ1) is 14.1. The number of piperazine rings is 1. The van der Waals surface area contributed by atoms with Gasteiger partial charge < -0.3 is 19.3 Å². The van der Waals surface area contributed by atoms with Crippen molar-refractivity contribution in [1.82, 2.24) is 14.7 Å². The fraction of sp³-hybridized carbons (Fsp3) is 0.636. The summed E-state index contributed by atoms with van der Waals surface area (Å²) >= 11 is 0. The van der Waals surface area contributed by atoms with E-state index in [0.29, 0.717) is 44.2 Å². The van der Waals surface area contributed by atoms with Crippen LogP contribution in [0.15, 0.2) is 24.3 Å². The van der Waals surface area contributed by atoms with Crippen molar-refractivity contribution in [3.8, 4) is 11.5 Å². The van der Waals surface area contributed by atoms with Crippen molar-refractivity contribution in [2.24, 2.45) is 0 Å². The van der Waals surface area contributed by atoms with E-state index in [1.54, 1.807) is 0 Å². The van der Waals surface area contributed by atoms with E-state index >= 15 is 0 Å². The number of ether oxygens (including phenoxy) is 2. The Kier molecular flexibility index (Phi) is 6.23. The first-order valence-corrected chi connectivity index (χ1v) is 10.8. The number of para-hydroxylation sites is 2. The van der Waals surface area contributed by atoms with Crippen LogP contribution in [0, 0.1) is 0 Å². The Morgan fingerprint density at radius 1 is 0.862 bits per heavy atom. The van der Waals surface area contributed by atoms with Gasteiger partial charge in [0.25, 0.3) is 5.91 Å². The molecule has 0 radical (unpaired) electrons. The number of hydrogen-bond donors (Lipinski definition) is 0. The molecule has 0 N–H and O–H groups in total. The molecule has 2 atom stereocenters. The maximum Gasteiger partial charge on any atom is 0.267 e. The van der Waals surface area contributed by atoms with E-state index in [1.165, 1.54) is 12.8 Å². The molecule has 1 aromatic carbocycles. The number of carbonyl (C=O) groups is 2. The monoisotopic (exact) mass is 401 g/mol. The van der Waals surface area contributed by atoms with E-state index < -0.39 is 6.10 Å². The summed E-state index contributed by atoms with van der Waals surface area (Å²) < 4.78 is 11.8. The summed E-state index contributed by atoms with van der Waals surface area (Å²) in [7, 11) is 0. The maximum absolute atomic E-state index is 13.0. The Hall–Kier alpha value is -2.28. The van der Waals surface area contributed by atoms with E-state index in [4.69, 9.17) is 9.47 Å². The zero-order valence-electron chi connectivity index (χ0n) is 17.2. The standard InChI is InChI=1S/C22H31N3O4/c1-17-21(29-19-9-5-4-8-18(19)28-17)22(27)25-14-12-23(13-15-25)16-20(26)24-10-6-2-3-7-11-24/h4-5,8-9,17,21H,2-3,6-7,10-16H2,1H3. The third kappa shape index (κ3) is 4.66. The normalized spacial score (nSPS) is 25.4. The third-order valence-corrected chi connectivity index (χ3v) is 6.09. The van der Waals surface area contributed by atoms with Crippen LogP contribution >= 0.6 is 0 Å². The van der Waals surface area contributed by atoms with Gasteiger partial charge in [0.15, 0.2) is 11.5 Å². The van der Waals surface area contributed by atoms with Gasteiger partial charge in [-0.2, -0.15) is 0 Å². The summed E-state index contributed by atoms with van der Waals surface area (Å²) in [5, 5.41) is 0. The molecule has 7 nitrogen and oxygen atoms in total. The highest BCUT2D eigenvalue weighted by molar-refractivity contribution is 5.82. The van der Waals surface area contributed by atoms with E-state index in [1.807, 2.05) is 41.0 Å². The molecule has 29 heavy (non-hydrogen) atoms. The Balaban J connectivity index is 1.28. The highest BCUT2D eigenvalue weighted by Gasteiger charge is 2.37. The van der Waals surface area contributed by atoms with Gasteiger partial charge in [-0.25, -0.2) is 0 Å². The van der Waals surface area contributed by atoms with Crippen molar-refractivity contribution in [2.75, 3.05) is 45.8 Å². The second-order valence-corrected chi connectivity index (χ2v) is 8.20. The molecule has 2 amide bonds. The highest BCUT2D eigenvalue weighted by atomic mass is 16.6. The van der Waals surface area contributed by atoms with Crippen molar-refractivity contribution < 1.29 is 19.1 Å². The summed E-state index contributed by atoms with van der Waals surface area (Å²) in [5.74, 6) is 1.48. The van der Waals surface area contributed by atoms with Crippen molar-refractivity contribution in [3.05, 3.63) is 24.3 Å². The molecule has 0 bridgehead atoms. The second kappa shape index (κ2) is 9.03. The Morgan fingerprint density at radius 3 is 2.14 bits per heavy atom. The van der Waals surface area contributed by atoms with Crippen LogP contribution in [-0.2, 0) is 9.59 Å². The minimum atomic E-state index is -0.629. The molecule has 0 saturated carbocycles. The number of likely N-dealkylation sites (tertiary alicyclic amines) is 1. The van der Waals surface area contributed by atoms with E-state index in [-0.39, 0.29) is 17.9 Å². The Bertz CT molecular complexity index is 725. The van der Waals surface area contributed by atoms with Gasteiger partial charge >= 0.3 is 0 Å². The molecule has 3 aliphatic rings. The molecular weight excluding hydrogens is 370 g/mol. The van der Waals surface area contributed by atoms with Gasteiger partial charge in [-0.05, 0) is 31.9 Å². The lowest BCUT2D eigenvalue weighted by molar-refractivity contribution is -0.146. The molecule has 158 valence electrons. The zero-order valence-corrected chi connectivity index (χ0v) is 17.2. The molecule has 3 aliphatic heterocycles. The average Bonchev–Trinajstić information content (AvgIpc) is 3.03. The lowest BCUT2D eigenvalue weighted by atomic mass is 10.1. The van der Waals surface area contributed by atoms with Crippen molar-refractivity contribution in [1.29, 1.82) is 0 Å². The smallest absolute Gasteiger partial charge is 0.267 e. The average molecular weight is 402 g/mol. The van der Waals surface area contributed by atoms with Gasteiger partial charge in [0.2, 0.25) is 12.0 Å². The van der Waals surface area contributed by atoms with Gasteiger partial charge in [-0.15, -0.1) is 0 Å². The van der Waals surface area contributed by atoms with Crippen LogP contribution in [0.5, 0.6) is 11.5 Å². The summed E-state index contributed by atoms with van der Waals surface area (Å²) in [6, 6.07) is 7.45. The molecule has 2 saturated heterocycles. The highest BCUT2D eigenvalue weighted by Crippen LogP contribution is 2.34. The fourth-order valence-corrected chi connectivity index (χ4v) is 4.31. The number of nitrogens with zero attached hydrogens (tertiary/aromatic N) is 3. The Labute approximate surface area is 172 Å². The van der Waals surface area contributed by atoms with Crippen LogP contribution < -0.4 is 9.47 Å². The Morgan fingerprint density at radius 2 is 1.48 bits per heavy atom. The minimum Gasteiger partial charge on any atom is -0.482 e. The number of rotatable bonds is 3. The lowest BCUT2D eigenvalue weighted by Crippen LogP contribution is -2.57. The van der Waals surface area contributed by atoms with Crippen molar-refractivity contribution >= 4 is 11.8 Å². The molecule has 4 rings (SSSR count). The van der Waals surface area contributed by atoms with Crippen LogP contribution in [0.1, 0.15) is 32.6 Å². The van der Waals surface area contributed by atoms with Gasteiger partial charge in [0, 0.05) is 39.3 Å². The summed E-state index contributed by atoms with van der Waals surface area (Å²) in [5.41, 5.74) is 0. The first-order valence-electron chi connectivity index (χ1n) is 10.8. The molecule has 0 aromatic heterocycles. The third-order valence-electron chi connectivity index (χ3n) is 6.09. The van der Waals surface area contributed by atoms with E-state index in [9.17, 15) is 9.59 Å². The van der Waals surface area contributed by atoms with Crippen LogP contribution in [0.4, 0.5) is 0 Å². The topological polar surface area (TPSA) is 62.3 Å². The molecule has 3 heterocycles. The fourth-order valence-electron chi connectivity index (χ4n) is 4.31. The number of amides is 2. The van der Waals surface area contributed by atoms with Crippen LogP contribution in [0.25, 0.3) is 0 Å². The number of carbonyl (C=O) groups excluding carboxylic acids is 2. The minimum absolute atomic E-state index is 0.0366. The molecule has 0 spiro atoms. The lowest BCUT2D eigenvalue weighted by Gasteiger charge is -2.39. The predicted octanol–water partition coefficient (Wildman–Crippen LogP) is 1.76. The van der Waals surface area contributed by atoms with E-state index in [2.05, 4.69) is 4.90 Å². The zero-order chi connectivity index (χ0) is 20.2. The molecule has 2 fully saturated rings. The van der Waals surface area contributed by atoms with Crippen molar-refractivity contribution in [3.63, 3.8) is 0 Å². The van der Waals surface area contributed by atoms with E-state index in [0.717, 1.165) is 25.9 Å². The summed E-state index contributed by atoms with van der Waals surface area (Å²) in [6.07, 6.45) is 3.70. The largest absolute Gasteiger partial charge is 0.482 e. The number of benzene rings is 1. The second-order valence-electron chi connectivity index (χ2n) is 8.20.